The third-order valence-corrected chi connectivity index (χ3v) is 6.43. The van der Waals surface area contributed by atoms with Crippen molar-refractivity contribution in [2.24, 2.45) is 11.8 Å². The molecule has 0 spiro atoms. The predicted octanol–water partition coefficient (Wildman–Crippen LogP) is 3.22. The van der Waals surface area contributed by atoms with E-state index in [-0.39, 0.29) is 23.4 Å². The molecule has 0 bridgehead atoms. The molecule has 0 aliphatic heterocycles. The Kier molecular flexibility index (Phi) is 3.49. The van der Waals surface area contributed by atoms with E-state index in [4.69, 9.17) is 0 Å². The van der Waals surface area contributed by atoms with Crippen molar-refractivity contribution >= 4 is 23.7 Å². The maximum Gasteiger partial charge on any atom is 0.187 e. The van der Waals surface area contributed by atoms with Crippen LogP contribution in [0.4, 0.5) is 0 Å². The van der Waals surface area contributed by atoms with Gasteiger partial charge in [0, 0.05) is 17.4 Å². The Hall–Kier alpha value is -2.48. The van der Waals surface area contributed by atoms with Crippen LogP contribution in [0.3, 0.4) is 0 Å². The van der Waals surface area contributed by atoms with E-state index in [0.29, 0.717) is 5.92 Å². The fraction of sp³-hybridized carbons (Fsp3) is 0.333. The Morgan fingerprint density at radius 1 is 0.962 bits per heavy atom. The Bertz CT molecular complexity index is 1150. The molecule has 2 heteroatoms. The Balaban J connectivity index is 1.85. The second-order valence-corrected chi connectivity index (χ2v) is 8.03. The van der Waals surface area contributed by atoms with Crippen LogP contribution in [0.25, 0.3) is 12.2 Å². The number of hydrogen-bond donors (Lipinski definition) is 0. The highest BCUT2D eigenvalue weighted by Gasteiger charge is 2.35. The van der Waals surface area contributed by atoms with Crippen LogP contribution in [-0.2, 0) is 4.79 Å². The first-order valence-electron chi connectivity index (χ1n) is 9.67. The highest BCUT2D eigenvalue weighted by atomic mass is 16.1. The molecule has 2 aromatic carbocycles. The summed E-state index contributed by atoms with van der Waals surface area (Å²) in [5, 5.41) is 4.14. The minimum absolute atomic E-state index is 0.0462. The van der Waals surface area contributed by atoms with Crippen LogP contribution < -0.4 is 10.4 Å². The van der Waals surface area contributed by atoms with E-state index >= 15 is 0 Å². The van der Waals surface area contributed by atoms with Crippen molar-refractivity contribution in [3.8, 4) is 0 Å². The number of fused-ring (bicyclic) bond motifs is 4. The summed E-state index contributed by atoms with van der Waals surface area (Å²) in [5.41, 5.74) is 1.76. The zero-order valence-electron chi connectivity index (χ0n) is 15.0. The summed E-state index contributed by atoms with van der Waals surface area (Å²) < 4.78 is 0. The molecule has 5 rings (SSSR count). The van der Waals surface area contributed by atoms with Crippen LogP contribution in [0.5, 0.6) is 0 Å². The highest BCUT2D eigenvalue weighted by molar-refractivity contribution is 6.19. The molecular formula is C24H22O2. The summed E-state index contributed by atoms with van der Waals surface area (Å²) in [5.74, 6) is 0.760. The van der Waals surface area contributed by atoms with Crippen LogP contribution in [0.2, 0.25) is 0 Å². The van der Waals surface area contributed by atoms with Gasteiger partial charge in [-0.1, -0.05) is 68.7 Å². The van der Waals surface area contributed by atoms with Gasteiger partial charge in [0.15, 0.2) is 5.78 Å². The molecule has 2 nitrogen and oxygen atoms in total. The maximum absolute atomic E-state index is 13.0. The molecule has 0 heterocycles. The van der Waals surface area contributed by atoms with Crippen LogP contribution >= 0.6 is 0 Å². The van der Waals surface area contributed by atoms with E-state index in [2.05, 4.69) is 18.2 Å². The first-order chi connectivity index (χ1) is 12.6. The van der Waals surface area contributed by atoms with Gasteiger partial charge in [-0.15, -0.1) is 0 Å². The van der Waals surface area contributed by atoms with Crippen molar-refractivity contribution in [3.05, 3.63) is 68.4 Å². The molecule has 1 fully saturated rings. The lowest BCUT2D eigenvalue weighted by molar-refractivity contribution is -0.123. The van der Waals surface area contributed by atoms with Gasteiger partial charge >= 0.3 is 0 Å². The number of ketones is 2. The minimum Gasteiger partial charge on any atom is -0.298 e. The zero-order valence-corrected chi connectivity index (χ0v) is 15.0. The Morgan fingerprint density at radius 3 is 2.54 bits per heavy atom. The summed E-state index contributed by atoms with van der Waals surface area (Å²) >= 11 is 0. The first-order valence-corrected chi connectivity index (χ1v) is 9.67. The Labute approximate surface area is 152 Å². The molecule has 130 valence electrons. The molecule has 3 aliphatic rings. The monoisotopic (exact) mass is 342 g/mol. The molecule has 2 atom stereocenters. The molecular weight excluding hydrogens is 320 g/mol. The quantitative estimate of drug-likeness (QED) is 0.840. The van der Waals surface area contributed by atoms with Gasteiger partial charge in [-0.05, 0) is 44.9 Å². The smallest absolute Gasteiger partial charge is 0.187 e. The summed E-state index contributed by atoms with van der Waals surface area (Å²) in [7, 11) is 0. The molecule has 2 aromatic rings. The fourth-order valence-corrected chi connectivity index (χ4v) is 4.83. The largest absolute Gasteiger partial charge is 0.298 e. The molecule has 3 aliphatic carbocycles. The van der Waals surface area contributed by atoms with E-state index in [1.807, 2.05) is 31.2 Å². The van der Waals surface area contributed by atoms with Gasteiger partial charge in [-0.25, -0.2) is 0 Å². The van der Waals surface area contributed by atoms with Gasteiger partial charge < -0.3 is 0 Å². The summed E-state index contributed by atoms with van der Waals surface area (Å²) in [6, 6.07) is 12.2. The number of Topliss-reactive ketones (excluding diaryl/α,β-unsaturated/α-hetero) is 2. The van der Waals surface area contributed by atoms with Crippen molar-refractivity contribution in [1.29, 1.82) is 0 Å². The van der Waals surface area contributed by atoms with Crippen molar-refractivity contribution in [1.82, 2.24) is 0 Å². The van der Waals surface area contributed by atoms with Gasteiger partial charge in [0.1, 0.15) is 5.78 Å². The molecule has 2 unspecified atom stereocenters. The average molecular weight is 342 g/mol. The van der Waals surface area contributed by atoms with E-state index < -0.39 is 0 Å². The van der Waals surface area contributed by atoms with Crippen LogP contribution in [0.15, 0.2) is 36.4 Å². The average Bonchev–Trinajstić information content (AvgIpc) is 2.60. The highest BCUT2D eigenvalue weighted by Crippen LogP contribution is 2.39. The number of carbonyl (C=O) groups excluding carboxylic acids is 2. The van der Waals surface area contributed by atoms with Crippen molar-refractivity contribution in [2.75, 3.05) is 0 Å². The second kappa shape index (κ2) is 5.77. The SMILES string of the molecule is CC1C=c2ccc3c(c2C(CC2CCC2)C1=O)C(=O)C=c1ccccc1=3. The summed E-state index contributed by atoms with van der Waals surface area (Å²) in [6.45, 7) is 1.99. The maximum atomic E-state index is 13.0. The van der Waals surface area contributed by atoms with E-state index in [1.54, 1.807) is 6.08 Å². The molecule has 26 heavy (non-hydrogen) atoms. The van der Waals surface area contributed by atoms with E-state index in [0.717, 1.165) is 38.4 Å². The lowest BCUT2D eigenvalue weighted by Crippen LogP contribution is -2.35. The zero-order chi connectivity index (χ0) is 17.8. The third kappa shape index (κ3) is 2.25. The molecule has 0 N–H and O–H groups in total. The summed E-state index contributed by atoms with van der Waals surface area (Å²) in [6.07, 6.45) is 8.39. The topological polar surface area (TPSA) is 34.1 Å². The van der Waals surface area contributed by atoms with E-state index in [9.17, 15) is 9.59 Å². The van der Waals surface area contributed by atoms with Gasteiger partial charge in [0.25, 0.3) is 0 Å². The van der Waals surface area contributed by atoms with E-state index in [1.165, 1.54) is 19.3 Å². The number of benzene rings is 2. The van der Waals surface area contributed by atoms with Crippen molar-refractivity contribution < 1.29 is 9.59 Å². The third-order valence-electron chi connectivity index (χ3n) is 6.43. The molecule has 0 saturated heterocycles. The first kappa shape index (κ1) is 15.7. The Morgan fingerprint density at radius 2 is 1.77 bits per heavy atom. The lowest BCUT2D eigenvalue weighted by atomic mass is 9.70. The fourth-order valence-electron chi connectivity index (χ4n) is 4.83. The molecule has 0 aromatic heterocycles. The van der Waals surface area contributed by atoms with Crippen molar-refractivity contribution in [3.63, 3.8) is 0 Å². The van der Waals surface area contributed by atoms with Gasteiger partial charge in [0.2, 0.25) is 0 Å². The molecule has 0 radical (unpaired) electrons. The van der Waals surface area contributed by atoms with Crippen LogP contribution in [0.1, 0.15) is 54.4 Å². The molecule has 0 amide bonds. The number of carbonyl (C=O) groups is 2. The van der Waals surface area contributed by atoms with Gasteiger partial charge in [-0.2, -0.15) is 0 Å². The normalized spacial score (nSPS) is 23.9. The lowest BCUT2D eigenvalue weighted by Gasteiger charge is -2.33. The van der Waals surface area contributed by atoms with Gasteiger partial charge in [0.05, 0.1) is 0 Å². The minimum atomic E-state index is -0.132. The van der Waals surface area contributed by atoms with Gasteiger partial charge in [-0.3, -0.25) is 9.59 Å². The number of rotatable bonds is 2. The summed E-state index contributed by atoms with van der Waals surface area (Å²) in [4.78, 5) is 26.1. The van der Waals surface area contributed by atoms with Crippen LogP contribution in [-0.4, -0.2) is 11.6 Å². The van der Waals surface area contributed by atoms with Crippen LogP contribution in [0, 0.1) is 22.3 Å². The number of hydrogen-bond acceptors (Lipinski definition) is 2. The van der Waals surface area contributed by atoms with Crippen molar-refractivity contribution in [2.45, 2.75) is 38.5 Å². The second-order valence-electron chi connectivity index (χ2n) is 8.03. The predicted molar refractivity (Wildman–Crippen MR) is 102 cm³/mol. The standard InChI is InChI=1S/C24H22O2/c1-14-11-17-9-10-19-18-8-3-2-7-16(18)13-21(25)23(19)22(17)20(24(14)26)12-15-5-4-6-15/h2-3,7-11,13-15,20H,4-6,12H2,1H3. The molecule has 1 saturated carbocycles.